The molecule has 0 aliphatic carbocycles. The average Bonchev–Trinajstić information content (AvgIpc) is 3.11. The molecule has 1 N–H and O–H groups in total. The standard InChI is InChI=1S/C15H9Cl2NO2S2.C2H4O2/c1-18-14(19)13(22-15(18)21)7-9-3-5-12(20-9)8-2-4-10(16)11(17)6-8;1-2(3)4/h2-7H,1H3;1H3,(H,3,4)/b13-7-;. The summed E-state index contributed by atoms with van der Waals surface area (Å²) in [6.07, 6.45) is 1.68. The van der Waals surface area contributed by atoms with Crippen LogP contribution >= 0.6 is 47.2 Å². The fraction of sp³-hybridized carbons (Fsp3) is 0.118. The zero-order valence-electron chi connectivity index (χ0n) is 13.7. The molecule has 136 valence electrons. The molecule has 1 aliphatic rings. The second-order valence-electron chi connectivity index (χ2n) is 5.09. The third kappa shape index (κ3) is 5.11. The van der Waals surface area contributed by atoms with Gasteiger partial charge in [-0.2, -0.15) is 0 Å². The smallest absolute Gasteiger partial charge is 0.300 e. The van der Waals surface area contributed by atoms with E-state index in [0.29, 0.717) is 30.8 Å². The fourth-order valence-corrected chi connectivity index (χ4v) is 3.37. The highest BCUT2D eigenvalue weighted by atomic mass is 35.5. The van der Waals surface area contributed by atoms with Gasteiger partial charge in [0.05, 0.1) is 15.0 Å². The van der Waals surface area contributed by atoms with E-state index in [1.807, 2.05) is 12.1 Å². The summed E-state index contributed by atoms with van der Waals surface area (Å²) in [5.74, 6) is 0.273. The number of carboxylic acids is 1. The van der Waals surface area contributed by atoms with Crippen LogP contribution in [0.5, 0.6) is 0 Å². The molecule has 1 saturated heterocycles. The van der Waals surface area contributed by atoms with Crippen molar-refractivity contribution in [2.24, 2.45) is 0 Å². The molecule has 3 rings (SSSR count). The number of hydrogen-bond acceptors (Lipinski definition) is 5. The number of rotatable bonds is 2. The van der Waals surface area contributed by atoms with Crippen molar-refractivity contribution in [3.8, 4) is 11.3 Å². The van der Waals surface area contributed by atoms with Crippen LogP contribution in [-0.4, -0.2) is 33.3 Å². The first-order chi connectivity index (χ1) is 12.2. The minimum absolute atomic E-state index is 0.123. The third-order valence-corrected chi connectivity index (χ3v) is 5.31. The monoisotopic (exact) mass is 429 g/mol. The average molecular weight is 430 g/mol. The molecule has 26 heavy (non-hydrogen) atoms. The summed E-state index contributed by atoms with van der Waals surface area (Å²) in [6, 6.07) is 8.88. The summed E-state index contributed by atoms with van der Waals surface area (Å²) in [5.41, 5.74) is 0.817. The van der Waals surface area contributed by atoms with Gasteiger partial charge in [0.25, 0.3) is 11.9 Å². The molecule has 2 heterocycles. The van der Waals surface area contributed by atoms with E-state index >= 15 is 0 Å². The highest BCUT2D eigenvalue weighted by molar-refractivity contribution is 8.26. The predicted molar refractivity (Wildman–Crippen MR) is 108 cm³/mol. The molecule has 1 aliphatic heterocycles. The number of carbonyl (C=O) groups excluding carboxylic acids is 1. The Bertz CT molecular complexity index is 904. The van der Waals surface area contributed by atoms with Gasteiger partial charge in [-0.25, -0.2) is 0 Å². The number of thiocarbonyl (C=S) groups is 1. The quantitative estimate of drug-likeness (QED) is 0.523. The lowest BCUT2D eigenvalue weighted by molar-refractivity contribution is -0.134. The molecule has 9 heteroatoms. The molecule has 1 aromatic carbocycles. The van der Waals surface area contributed by atoms with Crippen LogP contribution in [0, 0.1) is 0 Å². The van der Waals surface area contributed by atoms with Crippen molar-refractivity contribution in [3.63, 3.8) is 0 Å². The number of halogens is 2. The van der Waals surface area contributed by atoms with Gasteiger partial charge in [0.1, 0.15) is 15.8 Å². The second kappa shape index (κ2) is 8.73. The lowest BCUT2D eigenvalue weighted by Crippen LogP contribution is -2.22. The van der Waals surface area contributed by atoms with Gasteiger partial charge < -0.3 is 9.52 Å². The Labute approximate surface area is 169 Å². The first kappa shape index (κ1) is 20.5. The van der Waals surface area contributed by atoms with E-state index < -0.39 is 5.97 Å². The second-order valence-corrected chi connectivity index (χ2v) is 7.58. The van der Waals surface area contributed by atoms with Crippen molar-refractivity contribution in [2.45, 2.75) is 6.92 Å². The lowest BCUT2D eigenvalue weighted by atomic mass is 10.2. The summed E-state index contributed by atoms with van der Waals surface area (Å²) >= 11 is 18.3. The molecule has 0 saturated carbocycles. The fourth-order valence-electron chi connectivity index (χ4n) is 1.91. The SMILES string of the molecule is CC(=O)O.CN1C(=O)/C(=C/c2ccc(-c3ccc(Cl)c(Cl)c3)o2)SC1=S. The molecule has 1 fully saturated rings. The van der Waals surface area contributed by atoms with E-state index in [0.717, 1.165) is 12.5 Å². The number of likely N-dealkylation sites (N-methyl/N-ethyl adjacent to an activating group) is 1. The Balaban J connectivity index is 0.000000552. The van der Waals surface area contributed by atoms with Crippen LogP contribution in [0.4, 0.5) is 0 Å². The van der Waals surface area contributed by atoms with Crippen LogP contribution in [0.2, 0.25) is 10.0 Å². The maximum atomic E-state index is 12.0. The molecule has 0 unspecified atom stereocenters. The van der Waals surface area contributed by atoms with Gasteiger partial charge in [0, 0.05) is 25.6 Å². The van der Waals surface area contributed by atoms with Gasteiger partial charge in [0.2, 0.25) is 0 Å². The lowest BCUT2D eigenvalue weighted by Gasteiger charge is -2.03. The molecule has 5 nitrogen and oxygen atoms in total. The maximum Gasteiger partial charge on any atom is 0.300 e. The van der Waals surface area contributed by atoms with E-state index in [2.05, 4.69) is 0 Å². The summed E-state index contributed by atoms with van der Waals surface area (Å²) < 4.78 is 6.27. The largest absolute Gasteiger partial charge is 0.481 e. The molecule has 0 atom stereocenters. The zero-order valence-corrected chi connectivity index (χ0v) is 16.8. The summed E-state index contributed by atoms with van der Waals surface area (Å²) in [6.45, 7) is 1.08. The molecule has 0 radical (unpaired) electrons. The van der Waals surface area contributed by atoms with Gasteiger partial charge in [0.15, 0.2) is 0 Å². The Morgan fingerprint density at radius 1 is 1.27 bits per heavy atom. The van der Waals surface area contributed by atoms with Crippen molar-refractivity contribution in [1.29, 1.82) is 0 Å². The Morgan fingerprint density at radius 3 is 2.46 bits per heavy atom. The number of carboxylic acid groups (broad SMARTS) is 1. The van der Waals surface area contributed by atoms with Crippen LogP contribution < -0.4 is 0 Å². The Morgan fingerprint density at radius 2 is 1.92 bits per heavy atom. The predicted octanol–water partition coefficient (Wildman–Crippen LogP) is 5.18. The van der Waals surface area contributed by atoms with Gasteiger partial charge in [-0.3, -0.25) is 14.5 Å². The molecule has 1 aromatic heterocycles. The number of furan rings is 1. The van der Waals surface area contributed by atoms with Gasteiger partial charge >= 0.3 is 0 Å². The minimum atomic E-state index is -0.833. The first-order valence-electron chi connectivity index (χ1n) is 7.15. The van der Waals surface area contributed by atoms with Crippen LogP contribution in [0.15, 0.2) is 39.7 Å². The number of thioether (sulfide) groups is 1. The topological polar surface area (TPSA) is 70.8 Å². The molecule has 2 aromatic rings. The minimum Gasteiger partial charge on any atom is -0.481 e. The normalized spacial score (nSPS) is 15.2. The number of benzene rings is 1. The van der Waals surface area contributed by atoms with Gasteiger partial charge in [-0.05, 0) is 30.3 Å². The van der Waals surface area contributed by atoms with Crippen LogP contribution in [-0.2, 0) is 9.59 Å². The first-order valence-corrected chi connectivity index (χ1v) is 9.13. The number of aliphatic carboxylic acids is 1. The summed E-state index contributed by atoms with van der Waals surface area (Å²) in [4.78, 5) is 22.9. The molecule has 0 bridgehead atoms. The third-order valence-electron chi connectivity index (χ3n) is 3.09. The van der Waals surface area contributed by atoms with Gasteiger partial charge in [-0.1, -0.05) is 47.2 Å². The highest BCUT2D eigenvalue weighted by Gasteiger charge is 2.29. The van der Waals surface area contributed by atoms with Crippen molar-refractivity contribution >= 4 is 69.5 Å². The van der Waals surface area contributed by atoms with Crippen LogP contribution in [0.3, 0.4) is 0 Å². The van der Waals surface area contributed by atoms with E-state index in [1.54, 1.807) is 31.3 Å². The Kier molecular flexibility index (Phi) is 6.88. The van der Waals surface area contributed by atoms with Crippen LogP contribution in [0.1, 0.15) is 12.7 Å². The van der Waals surface area contributed by atoms with Crippen LogP contribution in [0.25, 0.3) is 17.4 Å². The summed E-state index contributed by atoms with van der Waals surface area (Å²) in [7, 11) is 1.65. The summed E-state index contributed by atoms with van der Waals surface area (Å²) in [5, 5.41) is 8.37. The van der Waals surface area contributed by atoms with Crippen molar-refractivity contribution in [1.82, 2.24) is 4.90 Å². The highest BCUT2D eigenvalue weighted by Crippen LogP contribution is 2.33. The van der Waals surface area contributed by atoms with E-state index in [1.165, 1.54) is 16.7 Å². The number of nitrogens with zero attached hydrogens (tertiary/aromatic N) is 1. The van der Waals surface area contributed by atoms with Crippen molar-refractivity contribution in [2.75, 3.05) is 7.05 Å². The molecular weight excluding hydrogens is 417 g/mol. The van der Waals surface area contributed by atoms with E-state index in [-0.39, 0.29) is 5.91 Å². The van der Waals surface area contributed by atoms with Crippen molar-refractivity contribution < 1.29 is 19.1 Å². The zero-order chi connectivity index (χ0) is 19.4. The number of carbonyl (C=O) groups is 2. The van der Waals surface area contributed by atoms with Crippen molar-refractivity contribution in [3.05, 3.63) is 51.0 Å². The molecule has 1 amide bonds. The van der Waals surface area contributed by atoms with E-state index in [4.69, 9.17) is 49.7 Å². The van der Waals surface area contributed by atoms with E-state index in [9.17, 15) is 4.79 Å². The molecule has 0 spiro atoms. The Hall–Kier alpha value is -1.80. The number of hydrogen-bond donors (Lipinski definition) is 1. The van der Waals surface area contributed by atoms with Gasteiger partial charge in [-0.15, -0.1) is 0 Å². The molecular formula is C17H13Cl2NO4S2. The maximum absolute atomic E-state index is 12.0. The number of amides is 1.